The molecule has 2 rings (SSSR count). The molecule has 1 aromatic rings. The summed E-state index contributed by atoms with van der Waals surface area (Å²) in [6, 6.07) is 8.19. The van der Waals surface area contributed by atoms with Gasteiger partial charge in [0.2, 0.25) is 0 Å². The van der Waals surface area contributed by atoms with E-state index in [1.54, 1.807) is 0 Å². The van der Waals surface area contributed by atoms with Gasteiger partial charge in [-0.3, -0.25) is 0 Å². The zero-order valence-electron chi connectivity index (χ0n) is 9.15. The molecular weight excluding hydrogens is 188 g/mol. The van der Waals surface area contributed by atoms with E-state index in [1.165, 1.54) is 5.56 Å². The fourth-order valence-electron chi connectivity index (χ4n) is 2.00. The minimum atomic E-state index is -0.169. The normalized spacial score (nSPS) is 20.8. The monoisotopic (exact) mass is 206 g/mol. The Kier molecular flexibility index (Phi) is 3.27. The Labute approximate surface area is 90.9 Å². The summed E-state index contributed by atoms with van der Waals surface area (Å²) in [5.74, 6) is 1.02. The van der Waals surface area contributed by atoms with Crippen LogP contribution in [0.25, 0.3) is 0 Å². The summed E-state index contributed by atoms with van der Waals surface area (Å²) in [5, 5.41) is 9.48. The highest BCUT2D eigenvalue weighted by Gasteiger charge is 2.22. The van der Waals surface area contributed by atoms with Crippen molar-refractivity contribution in [3.63, 3.8) is 0 Å². The minimum Gasteiger partial charge on any atom is -0.490 e. The SMILES string of the molecule is CCC(O)CCC1Cc2ccccc2O1. The third-order valence-electron chi connectivity index (χ3n) is 3.01. The van der Waals surface area contributed by atoms with Gasteiger partial charge in [-0.2, -0.15) is 0 Å². The summed E-state index contributed by atoms with van der Waals surface area (Å²) in [6.45, 7) is 2.01. The summed E-state index contributed by atoms with van der Waals surface area (Å²) in [7, 11) is 0. The third-order valence-corrected chi connectivity index (χ3v) is 3.01. The molecule has 2 unspecified atom stereocenters. The maximum atomic E-state index is 9.48. The van der Waals surface area contributed by atoms with Crippen molar-refractivity contribution in [2.24, 2.45) is 0 Å². The summed E-state index contributed by atoms with van der Waals surface area (Å²) in [4.78, 5) is 0. The number of benzene rings is 1. The van der Waals surface area contributed by atoms with Crippen molar-refractivity contribution < 1.29 is 9.84 Å². The van der Waals surface area contributed by atoms with E-state index >= 15 is 0 Å². The van der Waals surface area contributed by atoms with E-state index in [-0.39, 0.29) is 12.2 Å². The molecule has 2 heteroatoms. The number of fused-ring (bicyclic) bond motifs is 1. The van der Waals surface area contributed by atoms with Crippen LogP contribution in [0, 0.1) is 0 Å². The van der Waals surface area contributed by atoms with Gasteiger partial charge in [-0.1, -0.05) is 25.1 Å². The van der Waals surface area contributed by atoms with Crippen molar-refractivity contribution in [3.05, 3.63) is 29.8 Å². The van der Waals surface area contributed by atoms with Gasteiger partial charge >= 0.3 is 0 Å². The van der Waals surface area contributed by atoms with Crippen LogP contribution in [0.2, 0.25) is 0 Å². The van der Waals surface area contributed by atoms with Crippen LogP contribution < -0.4 is 4.74 Å². The molecule has 1 N–H and O–H groups in total. The highest BCUT2D eigenvalue weighted by molar-refractivity contribution is 5.37. The highest BCUT2D eigenvalue weighted by Crippen LogP contribution is 2.30. The fourth-order valence-corrected chi connectivity index (χ4v) is 2.00. The molecule has 0 saturated heterocycles. The number of para-hydroxylation sites is 1. The lowest BCUT2D eigenvalue weighted by atomic mass is 10.0. The Bertz CT molecular complexity index is 297. The first-order chi connectivity index (χ1) is 7.29. The van der Waals surface area contributed by atoms with Crippen LogP contribution in [0.5, 0.6) is 5.75 Å². The molecule has 0 radical (unpaired) electrons. The van der Waals surface area contributed by atoms with Crippen LogP contribution in [0.3, 0.4) is 0 Å². The fraction of sp³-hybridized carbons (Fsp3) is 0.538. The van der Waals surface area contributed by atoms with Crippen molar-refractivity contribution >= 4 is 0 Å². The maximum Gasteiger partial charge on any atom is 0.123 e. The average Bonchev–Trinajstić information content (AvgIpc) is 2.68. The molecule has 15 heavy (non-hydrogen) atoms. The molecule has 0 saturated carbocycles. The van der Waals surface area contributed by atoms with Crippen LogP contribution in [-0.2, 0) is 6.42 Å². The predicted molar refractivity (Wildman–Crippen MR) is 60.1 cm³/mol. The first-order valence-corrected chi connectivity index (χ1v) is 5.72. The van der Waals surface area contributed by atoms with Gasteiger partial charge in [-0.05, 0) is 30.9 Å². The average molecular weight is 206 g/mol. The van der Waals surface area contributed by atoms with Gasteiger partial charge in [0.25, 0.3) is 0 Å². The molecule has 0 fully saturated rings. The lowest BCUT2D eigenvalue weighted by Gasteiger charge is -2.12. The molecule has 1 aliphatic heterocycles. The van der Waals surface area contributed by atoms with Gasteiger partial charge in [0.15, 0.2) is 0 Å². The van der Waals surface area contributed by atoms with Crippen molar-refractivity contribution in [1.82, 2.24) is 0 Å². The molecule has 0 aromatic heterocycles. The van der Waals surface area contributed by atoms with Crippen LogP contribution in [-0.4, -0.2) is 17.3 Å². The van der Waals surface area contributed by atoms with Crippen molar-refractivity contribution in [3.8, 4) is 5.75 Å². The van der Waals surface area contributed by atoms with E-state index in [0.717, 1.165) is 31.4 Å². The Hall–Kier alpha value is -1.02. The maximum absolute atomic E-state index is 9.48. The second kappa shape index (κ2) is 4.67. The van der Waals surface area contributed by atoms with Crippen LogP contribution >= 0.6 is 0 Å². The number of aliphatic hydroxyl groups excluding tert-OH is 1. The highest BCUT2D eigenvalue weighted by atomic mass is 16.5. The first kappa shape index (κ1) is 10.5. The smallest absolute Gasteiger partial charge is 0.123 e. The lowest BCUT2D eigenvalue weighted by molar-refractivity contribution is 0.131. The Balaban J connectivity index is 1.85. The number of hydrogen-bond donors (Lipinski definition) is 1. The van der Waals surface area contributed by atoms with Crippen molar-refractivity contribution in [2.75, 3.05) is 0 Å². The first-order valence-electron chi connectivity index (χ1n) is 5.72. The Morgan fingerprint density at radius 2 is 2.27 bits per heavy atom. The zero-order chi connectivity index (χ0) is 10.7. The minimum absolute atomic E-state index is 0.169. The predicted octanol–water partition coefficient (Wildman–Crippen LogP) is 2.54. The summed E-state index contributed by atoms with van der Waals surface area (Å²) in [6.07, 6.45) is 3.71. The van der Waals surface area contributed by atoms with Gasteiger partial charge < -0.3 is 9.84 Å². The Morgan fingerprint density at radius 1 is 1.47 bits per heavy atom. The second-order valence-corrected chi connectivity index (χ2v) is 4.19. The number of ether oxygens (including phenoxy) is 1. The second-order valence-electron chi connectivity index (χ2n) is 4.19. The number of aliphatic hydroxyl groups is 1. The quantitative estimate of drug-likeness (QED) is 0.820. The molecule has 82 valence electrons. The molecule has 0 aliphatic carbocycles. The molecule has 2 nitrogen and oxygen atoms in total. The van der Waals surface area contributed by atoms with Gasteiger partial charge in [-0.15, -0.1) is 0 Å². The van der Waals surface area contributed by atoms with Crippen LogP contribution in [0.1, 0.15) is 31.7 Å². The summed E-state index contributed by atoms with van der Waals surface area (Å²) >= 11 is 0. The van der Waals surface area contributed by atoms with Gasteiger partial charge in [0.05, 0.1) is 6.10 Å². The van der Waals surface area contributed by atoms with E-state index in [2.05, 4.69) is 6.07 Å². The number of hydrogen-bond acceptors (Lipinski definition) is 2. The Morgan fingerprint density at radius 3 is 3.00 bits per heavy atom. The molecule has 1 heterocycles. The van der Waals surface area contributed by atoms with Crippen molar-refractivity contribution in [1.29, 1.82) is 0 Å². The number of rotatable bonds is 4. The largest absolute Gasteiger partial charge is 0.490 e. The standard InChI is InChI=1S/C13H18O2/c1-2-11(14)7-8-12-9-10-5-3-4-6-13(10)15-12/h3-6,11-12,14H,2,7-9H2,1H3. The molecule has 2 atom stereocenters. The molecule has 0 bridgehead atoms. The molecule has 0 amide bonds. The van der Waals surface area contributed by atoms with Crippen LogP contribution in [0.4, 0.5) is 0 Å². The van der Waals surface area contributed by atoms with Gasteiger partial charge in [-0.25, -0.2) is 0 Å². The molecule has 1 aliphatic rings. The lowest BCUT2D eigenvalue weighted by Crippen LogP contribution is -2.16. The van der Waals surface area contributed by atoms with Crippen LogP contribution in [0.15, 0.2) is 24.3 Å². The summed E-state index contributed by atoms with van der Waals surface area (Å²) < 4.78 is 5.79. The van der Waals surface area contributed by atoms with E-state index in [4.69, 9.17) is 4.74 Å². The molecule has 0 spiro atoms. The van der Waals surface area contributed by atoms with E-state index in [9.17, 15) is 5.11 Å². The van der Waals surface area contributed by atoms with Gasteiger partial charge in [0.1, 0.15) is 11.9 Å². The molecule has 1 aromatic carbocycles. The topological polar surface area (TPSA) is 29.5 Å². The summed E-state index contributed by atoms with van der Waals surface area (Å²) in [5.41, 5.74) is 1.30. The zero-order valence-corrected chi connectivity index (χ0v) is 9.15. The third kappa shape index (κ3) is 2.51. The molecular formula is C13H18O2. The van der Waals surface area contributed by atoms with Crippen molar-refractivity contribution in [2.45, 2.75) is 44.8 Å². The van der Waals surface area contributed by atoms with Gasteiger partial charge in [0, 0.05) is 6.42 Å². The van der Waals surface area contributed by atoms with E-state index < -0.39 is 0 Å². The van der Waals surface area contributed by atoms with E-state index in [1.807, 2.05) is 25.1 Å². The van der Waals surface area contributed by atoms with E-state index in [0.29, 0.717) is 0 Å².